The number of hydrogen-bond acceptors (Lipinski definition) is 1. The van der Waals surface area contributed by atoms with Crippen LogP contribution in [0.4, 0.5) is 4.39 Å². The molecule has 0 saturated carbocycles. The van der Waals surface area contributed by atoms with Crippen LogP contribution in [0, 0.1) is 5.92 Å². The Hall–Kier alpha value is -0.240. The van der Waals surface area contributed by atoms with E-state index >= 15 is 0 Å². The van der Waals surface area contributed by atoms with Crippen LogP contribution in [0.1, 0.15) is 39.5 Å². The average Bonchev–Trinajstić information content (AvgIpc) is 2.10. The number of hydrogen-bond donors (Lipinski definition) is 0. The van der Waals surface area contributed by atoms with Gasteiger partial charge >= 0.3 is 0 Å². The van der Waals surface area contributed by atoms with Gasteiger partial charge in [-0.25, -0.2) is 0 Å². The minimum atomic E-state index is -0.787. The highest BCUT2D eigenvalue weighted by Crippen LogP contribution is 2.13. The van der Waals surface area contributed by atoms with Gasteiger partial charge in [0.1, 0.15) is 6.26 Å². The molecule has 1 atom stereocenters. The molecule has 0 bridgehead atoms. The van der Waals surface area contributed by atoms with Crippen molar-refractivity contribution >= 4 is 11.6 Å². The van der Waals surface area contributed by atoms with Gasteiger partial charge < -0.3 is 4.74 Å². The summed E-state index contributed by atoms with van der Waals surface area (Å²) in [5.74, 6) is 0.521. The molecule has 0 aliphatic rings. The Bertz CT molecular complexity index is 144. The molecule has 0 radical (unpaired) electrons. The van der Waals surface area contributed by atoms with Gasteiger partial charge in [0.25, 0.3) is 0 Å². The SMILES string of the molecule is CCCCC(CC)COC=C(F)Cl. The van der Waals surface area contributed by atoms with E-state index in [1.165, 1.54) is 12.8 Å². The molecule has 0 heterocycles. The maximum Gasteiger partial charge on any atom is 0.223 e. The van der Waals surface area contributed by atoms with Gasteiger partial charge in [-0.05, 0) is 23.9 Å². The Labute approximate surface area is 84.9 Å². The second-order valence-electron chi connectivity index (χ2n) is 3.16. The standard InChI is InChI=1S/C10H18ClFO/c1-3-5-6-9(4-2)7-13-8-10(11)12/h8-9H,3-7H2,1-2H3. The summed E-state index contributed by atoms with van der Waals surface area (Å²) in [7, 11) is 0. The van der Waals surface area contributed by atoms with Crippen molar-refractivity contribution in [1.29, 1.82) is 0 Å². The van der Waals surface area contributed by atoms with Crippen LogP contribution >= 0.6 is 11.6 Å². The quantitative estimate of drug-likeness (QED) is 0.569. The van der Waals surface area contributed by atoms with Crippen LogP contribution in [0.2, 0.25) is 0 Å². The lowest BCUT2D eigenvalue weighted by Gasteiger charge is -2.12. The molecule has 0 aromatic heterocycles. The summed E-state index contributed by atoms with van der Waals surface area (Å²) in [6, 6.07) is 0. The zero-order valence-electron chi connectivity index (χ0n) is 8.35. The van der Waals surface area contributed by atoms with Gasteiger partial charge in [-0.15, -0.1) is 0 Å². The number of rotatable bonds is 7. The van der Waals surface area contributed by atoms with E-state index < -0.39 is 5.29 Å². The summed E-state index contributed by atoms with van der Waals surface area (Å²) in [5.41, 5.74) is 0. The first-order chi connectivity index (χ1) is 6.20. The van der Waals surface area contributed by atoms with Crippen LogP contribution in [0.25, 0.3) is 0 Å². The predicted octanol–water partition coefficient (Wildman–Crippen LogP) is 4.23. The number of ether oxygens (including phenoxy) is 1. The molecule has 0 amide bonds. The van der Waals surface area contributed by atoms with E-state index in [4.69, 9.17) is 16.3 Å². The van der Waals surface area contributed by atoms with Crippen molar-refractivity contribution in [2.75, 3.05) is 6.61 Å². The molecule has 0 aromatic carbocycles. The third-order valence-electron chi connectivity index (χ3n) is 2.05. The number of halogens is 2. The van der Waals surface area contributed by atoms with E-state index in [-0.39, 0.29) is 0 Å². The molecule has 0 saturated heterocycles. The lowest BCUT2D eigenvalue weighted by Crippen LogP contribution is -2.06. The van der Waals surface area contributed by atoms with Gasteiger partial charge in [0.2, 0.25) is 5.29 Å². The predicted molar refractivity (Wildman–Crippen MR) is 54.3 cm³/mol. The Morgan fingerprint density at radius 1 is 1.54 bits per heavy atom. The Morgan fingerprint density at radius 2 is 2.23 bits per heavy atom. The van der Waals surface area contributed by atoms with E-state index in [1.54, 1.807) is 0 Å². The molecule has 0 aromatic rings. The highest BCUT2D eigenvalue weighted by molar-refractivity contribution is 6.27. The molecule has 0 aliphatic carbocycles. The second-order valence-corrected chi connectivity index (χ2v) is 3.52. The van der Waals surface area contributed by atoms with Crippen molar-refractivity contribution in [3.8, 4) is 0 Å². The first kappa shape index (κ1) is 12.8. The highest BCUT2D eigenvalue weighted by atomic mass is 35.5. The Balaban J connectivity index is 3.53. The minimum Gasteiger partial charge on any atom is -0.497 e. The van der Waals surface area contributed by atoms with E-state index in [0.717, 1.165) is 19.1 Å². The zero-order chi connectivity index (χ0) is 10.1. The van der Waals surface area contributed by atoms with Crippen molar-refractivity contribution in [2.45, 2.75) is 39.5 Å². The summed E-state index contributed by atoms with van der Waals surface area (Å²) in [5, 5.41) is -0.787. The fourth-order valence-corrected chi connectivity index (χ4v) is 1.21. The van der Waals surface area contributed by atoms with Crippen molar-refractivity contribution < 1.29 is 9.13 Å². The molecule has 3 heteroatoms. The topological polar surface area (TPSA) is 9.23 Å². The van der Waals surface area contributed by atoms with Gasteiger partial charge in [-0.2, -0.15) is 4.39 Å². The first-order valence-electron chi connectivity index (χ1n) is 4.83. The summed E-state index contributed by atoms with van der Waals surface area (Å²) in [6.07, 6.45) is 5.57. The van der Waals surface area contributed by atoms with Crippen LogP contribution in [0.15, 0.2) is 11.5 Å². The average molecular weight is 209 g/mol. The van der Waals surface area contributed by atoms with Gasteiger partial charge in [0.15, 0.2) is 0 Å². The van der Waals surface area contributed by atoms with E-state index in [9.17, 15) is 4.39 Å². The van der Waals surface area contributed by atoms with Gasteiger partial charge in [-0.1, -0.05) is 33.1 Å². The van der Waals surface area contributed by atoms with Crippen LogP contribution in [0.5, 0.6) is 0 Å². The maximum atomic E-state index is 12.0. The van der Waals surface area contributed by atoms with Crippen molar-refractivity contribution in [3.63, 3.8) is 0 Å². The van der Waals surface area contributed by atoms with Gasteiger partial charge in [0, 0.05) is 0 Å². The van der Waals surface area contributed by atoms with Crippen LogP contribution in [-0.4, -0.2) is 6.61 Å². The van der Waals surface area contributed by atoms with E-state index in [0.29, 0.717) is 12.5 Å². The largest absolute Gasteiger partial charge is 0.497 e. The lowest BCUT2D eigenvalue weighted by molar-refractivity contribution is 0.179. The maximum absolute atomic E-state index is 12.0. The van der Waals surface area contributed by atoms with Crippen molar-refractivity contribution in [2.24, 2.45) is 5.92 Å². The molecular weight excluding hydrogens is 191 g/mol. The van der Waals surface area contributed by atoms with Crippen LogP contribution < -0.4 is 0 Å². The molecule has 0 spiro atoms. The summed E-state index contributed by atoms with van der Waals surface area (Å²) < 4.78 is 17.0. The molecule has 0 aliphatic heterocycles. The molecule has 13 heavy (non-hydrogen) atoms. The van der Waals surface area contributed by atoms with Crippen molar-refractivity contribution in [3.05, 3.63) is 11.5 Å². The smallest absolute Gasteiger partial charge is 0.223 e. The molecule has 0 rings (SSSR count). The lowest BCUT2D eigenvalue weighted by atomic mass is 10.0. The second kappa shape index (κ2) is 8.36. The molecule has 0 N–H and O–H groups in total. The molecule has 1 nitrogen and oxygen atoms in total. The molecular formula is C10H18ClFO. The monoisotopic (exact) mass is 208 g/mol. The zero-order valence-corrected chi connectivity index (χ0v) is 9.11. The van der Waals surface area contributed by atoms with Crippen molar-refractivity contribution in [1.82, 2.24) is 0 Å². The molecule has 78 valence electrons. The van der Waals surface area contributed by atoms with E-state index in [1.807, 2.05) is 0 Å². The Kier molecular flexibility index (Phi) is 8.21. The Morgan fingerprint density at radius 3 is 2.69 bits per heavy atom. The molecule has 0 fully saturated rings. The number of unbranched alkanes of at least 4 members (excludes halogenated alkanes) is 1. The normalized spacial score (nSPS) is 14.3. The summed E-state index contributed by atoms with van der Waals surface area (Å²) in [6.45, 7) is 4.84. The fraction of sp³-hybridized carbons (Fsp3) is 0.800. The van der Waals surface area contributed by atoms with E-state index in [2.05, 4.69) is 13.8 Å². The first-order valence-corrected chi connectivity index (χ1v) is 5.21. The third kappa shape index (κ3) is 8.10. The van der Waals surface area contributed by atoms with Crippen LogP contribution in [0.3, 0.4) is 0 Å². The third-order valence-corrected chi connectivity index (χ3v) is 2.14. The highest BCUT2D eigenvalue weighted by Gasteiger charge is 2.05. The summed E-state index contributed by atoms with van der Waals surface area (Å²) in [4.78, 5) is 0. The van der Waals surface area contributed by atoms with Crippen LogP contribution in [-0.2, 0) is 4.74 Å². The van der Waals surface area contributed by atoms with Gasteiger partial charge in [-0.3, -0.25) is 0 Å². The molecule has 1 unspecified atom stereocenters. The fourth-order valence-electron chi connectivity index (χ4n) is 1.15. The van der Waals surface area contributed by atoms with Gasteiger partial charge in [0.05, 0.1) is 6.61 Å². The minimum absolute atomic E-state index is 0.521. The summed E-state index contributed by atoms with van der Waals surface area (Å²) >= 11 is 4.98.